The van der Waals surface area contributed by atoms with Crippen molar-refractivity contribution in [3.05, 3.63) is 88.6 Å². The first-order valence-electron chi connectivity index (χ1n) is 13.5. The zero-order valence-corrected chi connectivity index (χ0v) is 24.6. The Morgan fingerprint density at radius 2 is 1.57 bits per heavy atom. The van der Waals surface area contributed by atoms with Gasteiger partial charge < -0.3 is 25.3 Å². The minimum atomic E-state index is -1.21. The van der Waals surface area contributed by atoms with Crippen molar-refractivity contribution >= 4 is 28.8 Å². The van der Waals surface area contributed by atoms with Crippen LogP contribution in [-0.2, 0) is 4.79 Å². The lowest BCUT2D eigenvalue weighted by Gasteiger charge is -2.36. The average Bonchev–Trinajstić information content (AvgIpc) is 2.90. The van der Waals surface area contributed by atoms with Gasteiger partial charge in [-0.3, -0.25) is 14.4 Å². The first-order valence-corrected chi connectivity index (χ1v) is 13.5. The molecule has 42 heavy (non-hydrogen) atoms. The molecular weight excluding hydrogens is 536 g/mol. The summed E-state index contributed by atoms with van der Waals surface area (Å²) in [5.74, 6) is -1.84. The van der Waals surface area contributed by atoms with Crippen LogP contribution in [0, 0.1) is 0 Å². The largest absolute Gasteiger partial charge is 0.508 e. The van der Waals surface area contributed by atoms with Gasteiger partial charge in [0.05, 0.1) is 5.56 Å². The number of nitrogens with one attached hydrogen (secondary N) is 2. The molecule has 4 rings (SSSR count). The lowest BCUT2D eigenvalue weighted by molar-refractivity contribution is -0.118. The van der Waals surface area contributed by atoms with Crippen LogP contribution in [-0.4, -0.2) is 39.1 Å². The van der Waals surface area contributed by atoms with Crippen molar-refractivity contribution in [2.75, 3.05) is 0 Å². The number of hydrogen-bond donors (Lipinski definition) is 4. The van der Waals surface area contributed by atoms with E-state index in [-0.39, 0.29) is 45.1 Å². The van der Waals surface area contributed by atoms with Gasteiger partial charge in [0.15, 0.2) is 5.43 Å². The normalized spacial score (nSPS) is 11.4. The van der Waals surface area contributed by atoms with Crippen molar-refractivity contribution in [1.82, 2.24) is 10.6 Å². The summed E-state index contributed by atoms with van der Waals surface area (Å²) in [6.45, 7) is 14.8. The number of carbonyl (C=O) groups excluding carboxylic acids is 2. The molecule has 0 aromatic heterocycles. The topological polar surface area (TPSA) is 146 Å². The van der Waals surface area contributed by atoms with Crippen LogP contribution < -0.4 is 16.1 Å². The van der Waals surface area contributed by atoms with E-state index in [0.29, 0.717) is 22.9 Å². The van der Waals surface area contributed by atoms with Crippen LogP contribution in [0.15, 0.2) is 76.5 Å². The molecule has 0 saturated heterocycles. The maximum Gasteiger partial charge on any atom is 0.336 e. The Bertz CT molecular complexity index is 1700. The number of carboxylic acids is 1. The fourth-order valence-corrected chi connectivity index (χ4v) is 5.19. The van der Waals surface area contributed by atoms with Gasteiger partial charge in [-0.05, 0) is 88.2 Å². The SMILES string of the molecule is C=CC(=O)NC(C)(C)CC(C)(C)NC(=O)c1ccc(C(=O)O)c(-c2c3ccc(=O)cc-3oc3cc(O)ccc23)c1.CC. The third-order valence-electron chi connectivity index (χ3n) is 6.44. The highest BCUT2D eigenvalue weighted by Gasteiger charge is 2.32. The first-order chi connectivity index (χ1) is 19.7. The predicted molar refractivity (Wildman–Crippen MR) is 163 cm³/mol. The summed E-state index contributed by atoms with van der Waals surface area (Å²) in [5, 5.41) is 26.4. The number of amides is 2. The molecule has 0 radical (unpaired) electrons. The molecule has 1 aliphatic heterocycles. The van der Waals surface area contributed by atoms with E-state index < -0.39 is 23.0 Å². The third kappa shape index (κ3) is 7.04. The van der Waals surface area contributed by atoms with Crippen LogP contribution in [0.5, 0.6) is 5.75 Å². The number of phenolic OH excluding ortho intramolecular Hbond substituents is 1. The molecule has 220 valence electrons. The maximum absolute atomic E-state index is 13.5. The summed E-state index contributed by atoms with van der Waals surface area (Å²) >= 11 is 0. The fraction of sp³-hybridized carbons (Fsp3) is 0.273. The molecule has 0 atom stereocenters. The van der Waals surface area contributed by atoms with E-state index >= 15 is 0 Å². The van der Waals surface area contributed by atoms with Crippen LogP contribution in [0.4, 0.5) is 0 Å². The van der Waals surface area contributed by atoms with Gasteiger partial charge in [0, 0.05) is 45.3 Å². The number of benzene rings is 3. The Labute approximate surface area is 244 Å². The van der Waals surface area contributed by atoms with E-state index in [1.165, 1.54) is 48.5 Å². The summed E-state index contributed by atoms with van der Waals surface area (Å²) in [6, 6.07) is 12.9. The Kier molecular flexibility index (Phi) is 9.26. The second-order valence-electron chi connectivity index (χ2n) is 11.0. The van der Waals surface area contributed by atoms with Crippen molar-refractivity contribution in [3.63, 3.8) is 0 Å². The van der Waals surface area contributed by atoms with Crippen molar-refractivity contribution in [2.45, 2.75) is 59.0 Å². The van der Waals surface area contributed by atoms with Gasteiger partial charge in [0.25, 0.3) is 5.91 Å². The first kappa shape index (κ1) is 31.6. The van der Waals surface area contributed by atoms with Crippen LogP contribution >= 0.6 is 0 Å². The average molecular weight is 573 g/mol. The number of hydrogen-bond acceptors (Lipinski definition) is 6. The quantitative estimate of drug-likeness (QED) is 0.150. The van der Waals surface area contributed by atoms with E-state index in [9.17, 15) is 29.4 Å². The summed E-state index contributed by atoms with van der Waals surface area (Å²) in [4.78, 5) is 49.7. The molecule has 0 fully saturated rings. The Hall–Kier alpha value is -4.92. The lowest BCUT2D eigenvalue weighted by Crippen LogP contribution is -2.53. The van der Waals surface area contributed by atoms with Crippen LogP contribution in [0.3, 0.4) is 0 Å². The highest BCUT2D eigenvalue weighted by Crippen LogP contribution is 2.42. The van der Waals surface area contributed by atoms with Crippen molar-refractivity contribution in [2.24, 2.45) is 0 Å². The predicted octanol–water partition coefficient (Wildman–Crippen LogP) is 5.97. The minimum Gasteiger partial charge on any atom is -0.508 e. The number of phenols is 1. The van der Waals surface area contributed by atoms with Crippen LogP contribution in [0.25, 0.3) is 33.4 Å². The Morgan fingerprint density at radius 3 is 2.21 bits per heavy atom. The molecular formula is C33H36N2O7. The van der Waals surface area contributed by atoms with Crippen molar-refractivity contribution < 1.29 is 29.0 Å². The number of carbonyl (C=O) groups is 3. The van der Waals surface area contributed by atoms with E-state index in [1.54, 1.807) is 12.1 Å². The molecule has 4 N–H and O–H groups in total. The molecule has 0 saturated carbocycles. The molecule has 2 aliphatic rings. The molecule has 0 spiro atoms. The summed E-state index contributed by atoms with van der Waals surface area (Å²) in [7, 11) is 0. The summed E-state index contributed by atoms with van der Waals surface area (Å²) in [6.07, 6.45) is 1.57. The van der Waals surface area contributed by atoms with Crippen molar-refractivity contribution in [3.8, 4) is 28.2 Å². The van der Waals surface area contributed by atoms with Crippen LogP contribution in [0.2, 0.25) is 0 Å². The molecule has 1 heterocycles. The Balaban J connectivity index is 0.00000237. The molecule has 2 aromatic rings. The second kappa shape index (κ2) is 12.3. The molecule has 9 nitrogen and oxygen atoms in total. The van der Waals surface area contributed by atoms with E-state index in [4.69, 9.17) is 4.42 Å². The molecule has 9 heteroatoms. The van der Waals surface area contributed by atoms with E-state index in [1.807, 2.05) is 41.5 Å². The van der Waals surface area contributed by atoms with Gasteiger partial charge in [0.2, 0.25) is 5.91 Å². The third-order valence-corrected chi connectivity index (χ3v) is 6.44. The Morgan fingerprint density at radius 1 is 0.905 bits per heavy atom. The van der Waals surface area contributed by atoms with Gasteiger partial charge in [-0.2, -0.15) is 0 Å². The lowest BCUT2D eigenvalue weighted by atomic mass is 9.86. The van der Waals surface area contributed by atoms with Gasteiger partial charge in [-0.15, -0.1) is 0 Å². The maximum atomic E-state index is 13.5. The van der Waals surface area contributed by atoms with Crippen LogP contribution in [0.1, 0.15) is 68.7 Å². The fourth-order valence-electron chi connectivity index (χ4n) is 5.19. The number of aromatic hydroxyl groups is 1. The second-order valence-corrected chi connectivity index (χ2v) is 11.0. The van der Waals surface area contributed by atoms with Gasteiger partial charge >= 0.3 is 5.97 Å². The molecule has 0 bridgehead atoms. The number of rotatable bonds is 8. The molecule has 1 aliphatic carbocycles. The van der Waals surface area contributed by atoms with Gasteiger partial charge in [-0.1, -0.05) is 20.4 Å². The minimum absolute atomic E-state index is 0.0582. The van der Waals surface area contributed by atoms with Gasteiger partial charge in [-0.25, -0.2) is 4.79 Å². The van der Waals surface area contributed by atoms with Gasteiger partial charge in [0.1, 0.15) is 17.1 Å². The zero-order chi connectivity index (χ0) is 31.4. The summed E-state index contributed by atoms with van der Waals surface area (Å²) < 4.78 is 5.87. The molecule has 0 unspecified atom stereocenters. The van der Waals surface area contributed by atoms with Crippen molar-refractivity contribution in [1.29, 1.82) is 0 Å². The molecule has 2 amide bonds. The van der Waals surface area contributed by atoms with E-state index in [2.05, 4.69) is 17.2 Å². The monoisotopic (exact) mass is 572 g/mol. The highest BCUT2D eigenvalue weighted by molar-refractivity contribution is 6.09. The molecule has 2 aromatic carbocycles. The van der Waals surface area contributed by atoms with E-state index in [0.717, 1.165) is 0 Å². The number of aromatic carboxylic acids is 1. The summed E-state index contributed by atoms with van der Waals surface area (Å²) in [5.41, 5.74) is -0.169. The number of fused-ring (bicyclic) bond motifs is 2. The standard InChI is InChI=1S/C31H30N2O7.C2H6/c1-6-26(36)32-30(2,3)16-31(4,5)33-28(37)17-7-10-20(29(38)39)23(13-17)27-21-11-8-18(34)14-24(21)40-25-15-19(35)9-12-22(25)27;1-2/h6-15,34H,1,16H2,2-5H3,(H,32,36)(H,33,37)(H,38,39);1-2H3. The smallest absolute Gasteiger partial charge is 0.336 e. The number of carboxylic acid groups (broad SMARTS) is 1. The zero-order valence-electron chi connectivity index (χ0n) is 24.6. The highest BCUT2D eigenvalue weighted by atomic mass is 16.4.